The van der Waals surface area contributed by atoms with E-state index in [2.05, 4.69) is 25.5 Å². The van der Waals surface area contributed by atoms with Gasteiger partial charge >= 0.3 is 6.43 Å². The van der Waals surface area contributed by atoms with Gasteiger partial charge in [-0.1, -0.05) is 30.2 Å². The number of carbonyl (C=O) groups excluding carboxylic acids is 1. The molecule has 4 aromatic rings. The molecule has 0 spiro atoms. The number of nitrogens with zero attached hydrogens (tertiary/aromatic N) is 7. The van der Waals surface area contributed by atoms with Crippen molar-refractivity contribution in [3.05, 3.63) is 53.7 Å². The van der Waals surface area contributed by atoms with E-state index in [9.17, 15) is 13.6 Å². The van der Waals surface area contributed by atoms with Crippen LogP contribution in [0.3, 0.4) is 0 Å². The average Bonchev–Trinajstić information content (AvgIpc) is 3.56. The number of benzene rings is 1. The lowest BCUT2D eigenvalue weighted by atomic mass is 9.89. The van der Waals surface area contributed by atoms with Crippen molar-refractivity contribution in [2.24, 2.45) is 0 Å². The number of carbonyl (C=O) groups is 1. The normalized spacial score (nSPS) is 20.7. The highest BCUT2D eigenvalue weighted by Crippen LogP contribution is 2.38. The first-order chi connectivity index (χ1) is 16.1. The van der Waals surface area contributed by atoms with Gasteiger partial charge in [-0.15, -0.1) is 15.3 Å². The van der Waals surface area contributed by atoms with E-state index in [1.807, 2.05) is 33.8 Å². The van der Waals surface area contributed by atoms with E-state index in [1.165, 1.54) is 6.20 Å². The highest BCUT2D eigenvalue weighted by atomic mass is 19.3. The quantitative estimate of drug-likeness (QED) is 0.463. The summed E-state index contributed by atoms with van der Waals surface area (Å²) in [6.07, 6.45) is 2.44. The predicted octanol–water partition coefficient (Wildman–Crippen LogP) is 3.95. The second kappa shape index (κ2) is 7.68. The molecule has 4 heterocycles. The fraction of sp³-hybridized carbons (Fsp3) is 0.364. The summed E-state index contributed by atoms with van der Waals surface area (Å²) in [5.41, 5.74) is 3.19. The van der Waals surface area contributed by atoms with E-state index in [0.717, 1.165) is 36.7 Å². The molecular weight excluding hydrogens is 432 g/mol. The van der Waals surface area contributed by atoms with Gasteiger partial charge in [-0.05, 0) is 31.0 Å². The van der Waals surface area contributed by atoms with Crippen molar-refractivity contribution in [3.63, 3.8) is 0 Å². The summed E-state index contributed by atoms with van der Waals surface area (Å²) in [5, 5.41) is 15.7. The zero-order chi connectivity index (χ0) is 22.5. The zero-order valence-electron chi connectivity index (χ0n) is 17.4. The monoisotopic (exact) mass is 451 g/mol. The van der Waals surface area contributed by atoms with Gasteiger partial charge in [0.1, 0.15) is 5.52 Å². The van der Waals surface area contributed by atoms with E-state index < -0.39 is 12.3 Å². The Morgan fingerprint density at radius 3 is 2.70 bits per heavy atom. The summed E-state index contributed by atoms with van der Waals surface area (Å²) in [5.74, 6) is -0.991. The van der Waals surface area contributed by atoms with Crippen molar-refractivity contribution < 1.29 is 18.0 Å². The molecule has 33 heavy (non-hydrogen) atoms. The number of halogens is 2. The standard InChI is InChI=1S/C22H19F2N7O2/c23-19(24)21-28-27-20(33-21)12-9-13-15(25-10-12)11-30(22(13)32)17-7-3-4-8-18(17)31-16-6-2-1-5-14(16)26-29-31/h1-2,5-6,9-10,17-19H,3-4,7-8,11H2/t17-,18-/m1/s1. The summed E-state index contributed by atoms with van der Waals surface area (Å²) >= 11 is 0. The van der Waals surface area contributed by atoms with Gasteiger partial charge in [0.05, 0.1) is 41.0 Å². The molecular formula is C22H19F2N7O2. The van der Waals surface area contributed by atoms with Gasteiger partial charge in [0.15, 0.2) is 0 Å². The van der Waals surface area contributed by atoms with Gasteiger partial charge in [-0.3, -0.25) is 9.78 Å². The SMILES string of the molecule is O=C1c2cc(-c3nnc(C(F)F)o3)cnc2CN1[C@@H]1CCCC[C@H]1n1nnc2ccccc21. The first-order valence-corrected chi connectivity index (χ1v) is 10.8. The molecule has 9 nitrogen and oxygen atoms in total. The summed E-state index contributed by atoms with van der Waals surface area (Å²) in [6.45, 7) is 0.383. The molecule has 1 fully saturated rings. The number of aromatic nitrogens is 6. The van der Waals surface area contributed by atoms with Gasteiger partial charge < -0.3 is 9.32 Å². The maximum atomic E-state index is 13.4. The van der Waals surface area contributed by atoms with E-state index in [-0.39, 0.29) is 23.9 Å². The third kappa shape index (κ3) is 3.26. The predicted molar refractivity (Wildman–Crippen MR) is 111 cm³/mol. The molecule has 0 radical (unpaired) electrons. The molecule has 1 aliphatic carbocycles. The molecule has 0 bridgehead atoms. The molecule has 1 saturated carbocycles. The van der Waals surface area contributed by atoms with Gasteiger partial charge in [0.2, 0.25) is 5.89 Å². The van der Waals surface area contributed by atoms with Gasteiger partial charge in [0, 0.05) is 6.20 Å². The highest BCUT2D eigenvalue weighted by molar-refractivity contribution is 5.99. The van der Waals surface area contributed by atoms with Crippen LogP contribution in [0.15, 0.2) is 40.9 Å². The first kappa shape index (κ1) is 19.9. The molecule has 1 aromatic carbocycles. The lowest BCUT2D eigenvalue weighted by molar-refractivity contribution is 0.0560. The number of fused-ring (bicyclic) bond motifs is 2. The van der Waals surface area contributed by atoms with Crippen LogP contribution < -0.4 is 0 Å². The minimum atomic E-state index is -2.86. The molecule has 11 heteroatoms. The van der Waals surface area contributed by atoms with Crippen molar-refractivity contribution in [1.82, 2.24) is 35.1 Å². The molecule has 6 rings (SSSR count). The number of para-hydroxylation sites is 1. The molecule has 0 saturated heterocycles. The second-order valence-electron chi connectivity index (χ2n) is 8.34. The molecule has 168 valence electrons. The maximum absolute atomic E-state index is 13.4. The Bertz CT molecular complexity index is 1350. The second-order valence-corrected chi connectivity index (χ2v) is 8.34. The highest BCUT2D eigenvalue weighted by Gasteiger charge is 2.40. The maximum Gasteiger partial charge on any atom is 0.314 e. The molecule has 3 aromatic heterocycles. The lowest BCUT2D eigenvalue weighted by Gasteiger charge is -2.37. The topological polar surface area (TPSA) is 103 Å². The third-order valence-corrected chi connectivity index (χ3v) is 6.44. The number of amides is 1. The molecule has 1 amide bonds. The number of hydrogen-bond acceptors (Lipinski definition) is 7. The van der Waals surface area contributed by atoms with Crippen molar-refractivity contribution in [1.29, 1.82) is 0 Å². The van der Waals surface area contributed by atoms with Gasteiger partial charge in [-0.25, -0.2) is 4.68 Å². The number of hydrogen-bond donors (Lipinski definition) is 0. The van der Waals surface area contributed by atoms with Gasteiger partial charge in [0.25, 0.3) is 11.8 Å². The Balaban J connectivity index is 1.31. The van der Waals surface area contributed by atoms with E-state index >= 15 is 0 Å². The van der Waals surface area contributed by atoms with Crippen LogP contribution in [-0.2, 0) is 6.54 Å². The van der Waals surface area contributed by atoms with Gasteiger partial charge in [-0.2, -0.15) is 8.78 Å². The summed E-state index contributed by atoms with van der Waals surface area (Å²) in [6, 6.07) is 9.35. The van der Waals surface area contributed by atoms with Crippen LogP contribution in [0.2, 0.25) is 0 Å². The van der Waals surface area contributed by atoms with Crippen molar-refractivity contribution in [2.75, 3.05) is 0 Å². The zero-order valence-corrected chi connectivity index (χ0v) is 17.4. The van der Waals surface area contributed by atoms with Crippen LogP contribution >= 0.6 is 0 Å². The Morgan fingerprint density at radius 2 is 1.88 bits per heavy atom. The minimum Gasteiger partial charge on any atom is -0.415 e. The average molecular weight is 451 g/mol. The minimum absolute atomic E-state index is 0.00780. The smallest absolute Gasteiger partial charge is 0.314 e. The number of pyridine rings is 1. The summed E-state index contributed by atoms with van der Waals surface area (Å²) in [4.78, 5) is 19.7. The summed E-state index contributed by atoms with van der Waals surface area (Å²) in [7, 11) is 0. The molecule has 2 aliphatic rings. The third-order valence-electron chi connectivity index (χ3n) is 6.44. The molecule has 0 unspecified atom stereocenters. The fourth-order valence-corrected chi connectivity index (χ4v) is 4.89. The summed E-state index contributed by atoms with van der Waals surface area (Å²) < 4.78 is 32.6. The molecule has 2 atom stereocenters. The van der Waals surface area contributed by atoms with Crippen molar-refractivity contribution in [3.8, 4) is 11.5 Å². The van der Waals surface area contributed by atoms with Crippen LogP contribution in [0.4, 0.5) is 8.78 Å². The van der Waals surface area contributed by atoms with Crippen LogP contribution in [0.1, 0.15) is 60.1 Å². The van der Waals surface area contributed by atoms with Crippen molar-refractivity contribution in [2.45, 2.75) is 50.7 Å². The van der Waals surface area contributed by atoms with Crippen LogP contribution in [0, 0.1) is 0 Å². The van der Waals surface area contributed by atoms with Crippen LogP contribution in [-0.4, -0.2) is 47.0 Å². The Hall–Kier alpha value is -3.76. The Labute approximate surface area is 186 Å². The lowest BCUT2D eigenvalue weighted by Crippen LogP contribution is -2.43. The van der Waals surface area contributed by atoms with Crippen LogP contribution in [0.25, 0.3) is 22.5 Å². The largest absolute Gasteiger partial charge is 0.415 e. The Morgan fingerprint density at radius 1 is 1.06 bits per heavy atom. The van der Waals surface area contributed by atoms with E-state index in [4.69, 9.17) is 4.42 Å². The molecule has 0 N–H and O–H groups in total. The Kier molecular flexibility index (Phi) is 4.63. The van der Waals surface area contributed by atoms with E-state index in [0.29, 0.717) is 23.4 Å². The fourth-order valence-electron chi connectivity index (χ4n) is 4.89. The van der Waals surface area contributed by atoms with Crippen LogP contribution in [0.5, 0.6) is 0 Å². The van der Waals surface area contributed by atoms with Crippen molar-refractivity contribution >= 4 is 16.9 Å². The van der Waals surface area contributed by atoms with E-state index in [1.54, 1.807) is 6.07 Å². The number of alkyl halides is 2. The molecule has 1 aliphatic heterocycles. The number of rotatable bonds is 4. The first-order valence-electron chi connectivity index (χ1n) is 10.8.